The first-order valence-electron chi connectivity index (χ1n) is 1.94. The fourth-order valence-corrected chi connectivity index (χ4v) is 1.38. The van der Waals surface area contributed by atoms with Crippen LogP contribution in [0.15, 0.2) is 4.79 Å². The van der Waals surface area contributed by atoms with Crippen molar-refractivity contribution >= 4 is 34.1 Å². The van der Waals surface area contributed by atoms with Crippen LogP contribution in [-0.2, 0) is 4.43 Å². The second-order valence-corrected chi connectivity index (χ2v) is 2.67. The molecule has 8 heavy (non-hydrogen) atoms. The van der Waals surface area contributed by atoms with Crippen LogP contribution in [0.5, 0.6) is 0 Å². The van der Waals surface area contributed by atoms with Crippen LogP contribution in [0.2, 0.25) is 0 Å². The smallest absolute Gasteiger partial charge is 0.299 e. The summed E-state index contributed by atoms with van der Waals surface area (Å²) in [6, 6.07) is 0. The Morgan fingerprint density at radius 1 is 1.88 bits per heavy atom. The van der Waals surface area contributed by atoms with Gasteiger partial charge in [0.2, 0.25) is 0 Å². The highest BCUT2D eigenvalue weighted by molar-refractivity contribution is 14.1. The number of nitrogens with zero attached hydrogens (tertiary/aromatic N) is 1. The number of hydrogen-bond donors (Lipinski definition) is 1. The van der Waals surface area contributed by atoms with Crippen molar-refractivity contribution in [2.24, 2.45) is 0 Å². The number of halogens is 1. The topological polar surface area (TPSA) is 45.8 Å². The van der Waals surface area contributed by atoms with Crippen molar-refractivity contribution in [3.8, 4) is 0 Å². The minimum atomic E-state index is -0.0725. The summed E-state index contributed by atoms with van der Waals surface area (Å²) < 4.78 is 4.57. The number of nitrogens with one attached hydrogen (secondary N) is 1. The SMILES string of the molecule is O=c1[nH]c(CI)ns1. The third-order valence-corrected chi connectivity index (χ3v) is 1.91. The Morgan fingerprint density at radius 3 is 2.88 bits per heavy atom. The first-order valence-corrected chi connectivity index (χ1v) is 4.23. The maximum absolute atomic E-state index is 10.3. The number of rotatable bonds is 1. The van der Waals surface area contributed by atoms with Gasteiger partial charge in [-0.1, -0.05) is 22.6 Å². The molecule has 0 radical (unpaired) electrons. The van der Waals surface area contributed by atoms with Gasteiger partial charge in [-0.2, -0.15) is 4.37 Å². The first kappa shape index (κ1) is 6.21. The third kappa shape index (κ3) is 1.28. The molecule has 0 aliphatic rings. The maximum Gasteiger partial charge on any atom is 0.323 e. The molecule has 0 aliphatic carbocycles. The molecule has 0 saturated heterocycles. The van der Waals surface area contributed by atoms with Gasteiger partial charge in [0.1, 0.15) is 5.82 Å². The minimum Gasteiger partial charge on any atom is -0.299 e. The molecule has 1 rings (SSSR count). The standard InChI is InChI=1S/C3H3IN2OS/c4-1-2-5-3(7)8-6-2/h1H2,(H,5,6,7). The van der Waals surface area contributed by atoms with Crippen molar-refractivity contribution in [1.29, 1.82) is 0 Å². The number of alkyl halides is 1. The molecule has 1 aromatic rings. The van der Waals surface area contributed by atoms with Gasteiger partial charge in [0, 0.05) is 11.5 Å². The monoisotopic (exact) mass is 242 g/mol. The fraction of sp³-hybridized carbons (Fsp3) is 0.333. The second-order valence-electron chi connectivity index (χ2n) is 1.18. The lowest BCUT2D eigenvalue weighted by Crippen LogP contribution is -1.92. The molecular formula is C3H3IN2OS. The average molecular weight is 242 g/mol. The van der Waals surface area contributed by atoms with Crippen molar-refractivity contribution in [2.75, 3.05) is 0 Å². The van der Waals surface area contributed by atoms with Crippen LogP contribution in [-0.4, -0.2) is 9.36 Å². The van der Waals surface area contributed by atoms with Crippen LogP contribution in [0.3, 0.4) is 0 Å². The van der Waals surface area contributed by atoms with E-state index in [1.807, 2.05) is 0 Å². The van der Waals surface area contributed by atoms with Gasteiger partial charge in [-0.05, 0) is 0 Å². The van der Waals surface area contributed by atoms with Gasteiger partial charge in [0.15, 0.2) is 0 Å². The van der Waals surface area contributed by atoms with E-state index in [1.165, 1.54) is 0 Å². The number of hydrogen-bond acceptors (Lipinski definition) is 3. The van der Waals surface area contributed by atoms with Crippen molar-refractivity contribution in [3.05, 3.63) is 15.5 Å². The molecule has 1 heterocycles. The minimum absolute atomic E-state index is 0.0725. The number of H-pyrrole nitrogens is 1. The number of aromatic nitrogens is 2. The van der Waals surface area contributed by atoms with E-state index in [1.54, 1.807) is 0 Å². The van der Waals surface area contributed by atoms with Crippen molar-refractivity contribution in [2.45, 2.75) is 4.43 Å². The molecule has 1 aromatic heterocycles. The van der Waals surface area contributed by atoms with Crippen LogP contribution >= 0.6 is 34.1 Å². The summed E-state index contributed by atoms with van der Waals surface area (Å²) in [5.74, 6) is 0.764. The molecule has 0 aromatic carbocycles. The van der Waals surface area contributed by atoms with Crippen molar-refractivity contribution in [1.82, 2.24) is 9.36 Å². The first-order chi connectivity index (χ1) is 3.83. The lowest BCUT2D eigenvalue weighted by atomic mass is 10.8. The average Bonchev–Trinajstić information content (AvgIpc) is 2.14. The van der Waals surface area contributed by atoms with Crippen LogP contribution in [0.25, 0.3) is 0 Å². The van der Waals surface area contributed by atoms with E-state index in [9.17, 15) is 4.79 Å². The molecule has 0 aliphatic heterocycles. The van der Waals surface area contributed by atoms with E-state index in [0.717, 1.165) is 21.8 Å². The van der Waals surface area contributed by atoms with Gasteiger partial charge < -0.3 is 0 Å². The Labute approximate surface area is 63.4 Å². The Balaban J connectivity index is 3.01. The zero-order valence-electron chi connectivity index (χ0n) is 3.85. The molecule has 0 saturated carbocycles. The second kappa shape index (κ2) is 2.58. The quantitative estimate of drug-likeness (QED) is 0.583. The summed E-state index contributed by atoms with van der Waals surface area (Å²) >= 11 is 3.10. The van der Waals surface area contributed by atoms with Gasteiger partial charge in [-0.3, -0.25) is 9.78 Å². The summed E-state index contributed by atoms with van der Waals surface area (Å²) in [5, 5.41) is 0. The predicted molar refractivity (Wildman–Crippen MR) is 40.5 cm³/mol. The van der Waals surface area contributed by atoms with E-state index < -0.39 is 0 Å². The van der Waals surface area contributed by atoms with Crippen LogP contribution in [0.1, 0.15) is 5.82 Å². The highest BCUT2D eigenvalue weighted by atomic mass is 127. The normalized spacial score (nSPS) is 9.62. The highest BCUT2D eigenvalue weighted by Crippen LogP contribution is 1.95. The van der Waals surface area contributed by atoms with E-state index >= 15 is 0 Å². The lowest BCUT2D eigenvalue weighted by Gasteiger charge is -1.75. The molecule has 0 amide bonds. The third-order valence-electron chi connectivity index (χ3n) is 0.612. The van der Waals surface area contributed by atoms with Crippen LogP contribution in [0.4, 0.5) is 0 Å². The predicted octanol–water partition coefficient (Wildman–Crippen LogP) is 0.766. The summed E-state index contributed by atoms with van der Waals surface area (Å²) in [6.45, 7) is 0. The summed E-state index contributed by atoms with van der Waals surface area (Å²) in [6.07, 6.45) is 0. The molecule has 0 spiro atoms. The van der Waals surface area contributed by atoms with Gasteiger partial charge in [-0.25, -0.2) is 0 Å². The van der Waals surface area contributed by atoms with Crippen LogP contribution in [0, 0.1) is 0 Å². The van der Waals surface area contributed by atoms with E-state index in [0.29, 0.717) is 0 Å². The molecule has 0 bridgehead atoms. The zero-order chi connectivity index (χ0) is 5.98. The molecule has 44 valence electrons. The van der Waals surface area contributed by atoms with Gasteiger partial charge >= 0.3 is 4.87 Å². The fourth-order valence-electron chi connectivity index (χ4n) is 0.318. The highest BCUT2D eigenvalue weighted by Gasteiger charge is 1.91. The Hall–Kier alpha value is 0.0900. The molecule has 5 heteroatoms. The lowest BCUT2D eigenvalue weighted by molar-refractivity contribution is 1.13. The molecule has 0 fully saturated rings. The van der Waals surface area contributed by atoms with Gasteiger partial charge in [0.05, 0.1) is 4.43 Å². The van der Waals surface area contributed by atoms with E-state index in [2.05, 4.69) is 31.9 Å². The molecule has 0 unspecified atom stereocenters. The van der Waals surface area contributed by atoms with Crippen molar-refractivity contribution < 1.29 is 0 Å². The maximum atomic E-state index is 10.3. The van der Waals surface area contributed by atoms with Crippen LogP contribution < -0.4 is 4.87 Å². The molecule has 3 nitrogen and oxygen atoms in total. The Morgan fingerprint density at radius 2 is 2.62 bits per heavy atom. The Kier molecular flexibility index (Phi) is 2.01. The summed E-state index contributed by atoms with van der Waals surface area (Å²) in [4.78, 5) is 12.8. The summed E-state index contributed by atoms with van der Waals surface area (Å²) in [7, 11) is 0. The van der Waals surface area contributed by atoms with E-state index in [-0.39, 0.29) is 4.87 Å². The molecule has 1 N–H and O–H groups in total. The van der Waals surface area contributed by atoms with Crippen molar-refractivity contribution in [3.63, 3.8) is 0 Å². The molecule has 0 atom stereocenters. The van der Waals surface area contributed by atoms with E-state index in [4.69, 9.17) is 0 Å². The van der Waals surface area contributed by atoms with Gasteiger partial charge in [-0.15, -0.1) is 0 Å². The largest absolute Gasteiger partial charge is 0.323 e. The molecular weight excluding hydrogens is 239 g/mol. The number of aromatic amines is 1. The van der Waals surface area contributed by atoms with Gasteiger partial charge in [0.25, 0.3) is 0 Å². The zero-order valence-corrected chi connectivity index (χ0v) is 6.82. The Bertz CT molecular complexity index is 217. The summed E-state index contributed by atoms with van der Waals surface area (Å²) in [5.41, 5.74) is 0.